The average Bonchev–Trinajstić information content (AvgIpc) is 2.66. The van der Waals surface area contributed by atoms with Crippen LogP contribution in [0.1, 0.15) is 78.0 Å². The van der Waals surface area contributed by atoms with Crippen LogP contribution in [-0.4, -0.2) is 40.9 Å². The van der Waals surface area contributed by atoms with Gasteiger partial charge in [-0.15, -0.1) is 0 Å². The van der Waals surface area contributed by atoms with Crippen molar-refractivity contribution in [3.8, 4) is 0 Å². The molecule has 0 fully saturated rings. The molecule has 0 heterocycles. The molecule has 0 spiro atoms. The molecule has 4 unspecified atom stereocenters. The number of hydrogen-bond acceptors (Lipinski definition) is 5. The van der Waals surface area contributed by atoms with Crippen molar-refractivity contribution in [1.29, 1.82) is 0 Å². The Hall–Kier alpha value is -1.92. The summed E-state index contributed by atoms with van der Waals surface area (Å²) in [5, 5.41) is 19.5. The molecule has 0 saturated heterocycles. The predicted molar refractivity (Wildman–Crippen MR) is 128 cm³/mol. The zero-order valence-electron chi connectivity index (χ0n) is 20.9. The SMILES string of the molecule is CCOC(=O)Cc1cc(CC(CC(N)C(O)CC(C)C(=O)O)C(C)C)ccc1C(C)(C)C. The molecule has 1 rings (SSSR count). The highest BCUT2D eigenvalue weighted by atomic mass is 16.5. The van der Waals surface area contributed by atoms with Gasteiger partial charge in [0.1, 0.15) is 0 Å². The maximum Gasteiger partial charge on any atom is 0.310 e. The lowest BCUT2D eigenvalue weighted by atomic mass is 9.79. The van der Waals surface area contributed by atoms with Crippen LogP contribution in [0.5, 0.6) is 0 Å². The first-order valence-electron chi connectivity index (χ1n) is 11.7. The van der Waals surface area contributed by atoms with Gasteiger partial charge in [-0.1, -0.05) is 59.7 Å². The molecule has 4 N–H and O–H groups in total. The summed E-state index contributed by atoms with van der Waals surface area (Å²) in [5.41, 5.74) is 9.41. The van der Waals surface area contributed by atoms with E-state index in [-0.39, 0.29) is 30.1 Å². The lowest BCUT2D eigenvalue weighted by Crippen LogP contribution is -2.39. The third kappa shape index (κ3) is 8.91. The van der Waals surface area contributed by atoms with Crippen molar-refractivity contribution in [2.75, 3.05) is 6.61 Å². The average molecular weight is 450 g/mol. The predicted octanol–water partition coefficient (Wildman–Crippen LogP) is 4.09. The minimum Gasteiger partial charge on any atom is -0.481 e. The maximum absolute atomic E-state index is 12.2. The molecule has 0 aromatic heterocycles. The molecule has 0 amide bonds. The number of carbonyl (C=O) groups excluding carboxylic acids is 1. The van der Waals surface area contributed by atoms with E-state index in [2.05, 4.69) is 52.8 Å². The third-order valence-corrected chi connectivity index (χ3v) is 6.14. The molecular formula is C26H43NO5. The normalized spacial score (nSPS) is 15.8. The third-order valence-electron chi connectivity index (χ3n) is 6.14. The molecule has 182 valence electrons. The molecule has 0 saturated carbocycles. The van der Waals surface area contributed by atoms with Gasteiger partial charge >= 0.3 is 11.9 Å². The number of carboxylic acid groups (broad SMARTS) is 1. The van der Waals surface area contributed by atoms with Crippen LogP contribution in [0, 0.1) is 17.8 Å². The van der Waals surface area contributed by atoms with Crippen molar-refractivity contribution >= 4 is 11.9 Å². The number of aliphatic carboxylic acids is 1. The number of aliphatic hydroxyl groups is 1. The van der Waals surface area contributed by atoms with Crippen LogP contribution in [0.4, 0.5) is 0 Å². The second kappa shape index (κ2) is 12.4. The second-order valence-electron chi connectivity index (χ2n) is 10.4. The quantitative estimate of drug-likeness (QED) is 0.415. The highest BCUT2D eigenvalue weighted by molar-refractivity contribution is 5.73. The van der Waals surface area contributed by atoms with Crippen LogP contribution in [0.15, 0.2) is 18.2 Å². The monoisotopic (exact) mass is 449 g/mol. The summed E-state index contributed by atoms with van der Waals surface area (Å²) < 4.78 is 5.18. The van der Waals surface area contributed by atoms with Crippen molar-refractivity contribution in [1.82, 2.24) is 0 Å². The first-order valence-corrected chi connectivity index (χ1v) is 11.7. The number of carboxylic acids is 1. The molecule has 0 aliphatic heterocycles. The standard InChI is InChI=1S/C26H43NO5/c1-8-32-24(29)15-20-13-18(9-10-21(20)26(5,6)7)12-19(16(2)3)14-22(27)23(28)11-17(4)25(30)31/h9-10,13,16-17,19,22-23,28H,8,11-12,14-15,27H2,1-7H3,(H,30,31). The number of benzene rings is 1. The molecule has 32 heavy (non-hydrogen) atoms. The van der Waals surface area contributed by atoms with Gasteiger partial charge in [0.2, 0.25) is 0 Å². The first-order chi connectivity index (χ1) is 14.8. The highest BCUT2D eigenvalue weighted by Gasteiger charge is 2.26. The second-order valence-corrected chi connectivity index (χ2v) is 10.4. The van der Waals surface area contributed by atoms with Gasteiger partial charge in [-0.25, -0.2) is 0 Å². The smallest absolute Gasteiger partial charge is 0.310 e. The summed E-state index contributed by atoms with van der Waals surface area (Å²) in [6.07, 6.45) is 0.897. The topological polar surface area (TPSA) is 110 Å². The van der Waals surface area contributed by atoms with Gasteiger partial charge in [0.15, 0.2) is 0 Å². The maximum atomic E-state index is 12.2. The molecule has 6 nitrogen and oxygen atoms in total. The Morgan fingerprint density at radius 1 is 1.12 bits per heavy atom. The summed E-state index contributed by atoms with van der Waals surface area (Å²) in [6, 6.07) is 5.82. The number of hydrogen-bond donors (Lipinski definition) is 3. The first kappa shape index (κ1) is 28.1. The minimum absolute atomic E-state index is 0.0922. The van der Waals surface area contributed by atoms with Crippen molar-refractivity contribution in [3.63, 3.8) is 0 Å². The Labute approximate surface area is 193 Å². The van der Waals surface area contributed by atoms with Crippen molar-refractivity contribution in [3.05, 3.63) is 34.9 Å². The summed E-state index contributed by atoms with van der Waals surface area (Å²) in [4.78, 5) is 23.3. The molecule has 0 aliphatic rings. The lowest BCUT2D eigenvalue weighted by molar-refractivity contribution is -0.143. The van der Waals surface area contributed by atoms with Crippen LogP contribution in [-0.2, 0) is 32.6 Å². The molecule has 0 radical (unpaired) electrons. The molecule has 1 aromatic carbocycles. The van der Waals surface area contributed by atoms with E-state index < -0.39 is 24.0 Å². The van der Waals surface area contributed by atoms with E-state index in [0.29, 0.717) is 18.9 Å². The van der Waals surface area contributed by atoms with Crippen LogP contribution < -0.4 is 5.73 Å². The van der Waals surface area contributed by atoms with Crippen molar-refractivity contribution in [2.45, 2.75) is 91.7 Å². The highest BCUT2D eigenvalue weighted by Crippen LogP contribution is 2.30. The van der Waals surface area contributed by atoms with Gasteiger partial charge < -0.3 is 20.7 Å². The van der Waals surface area contributed by atoms with Crippen LogP contribution in [0.25, 0.3) is 0 Å². The van der Waals surface area contributed by atoms with Gasteiger partial charge in [-0.2, -0.15) is 0 Å². The number of nitrogens with two attached hydrogens (primary N) is 1. The number of ether oxygens (including phenoxy) is 1. The van der Waals surface area contributed by atoms with Crippen LogP contribution in [0.3, 0.4) is 0 Å². The van der Waals surface area contributed by atoms with Crippen LogP contribution in [0.2, 0.25) is 0 Å². The molecule has 0 bridgehead atoms. The van der Waals surface area contributed by atoms with Crippen LogP contribution >= 0.6 is 0 Å². The van der Waals surface area contributed by atoms with Gasteiger partial charge in [-0.3, -0.25) is 9.59 Å². The zero-order chi connectivity index (χ0) is 24.6. The number of rotatable bonds is 12. The molecule has 1 aromatic rings. The Balaban J connectivity index is 3.04. The Bertz CT molecular complexity index is 753. The number of aliphatic hydroxyl groups excluding tert-OH is 1. The van der Waals surface area contributed by atoms with E-state index in [1.54, 1.807) is 13.8 Å². The van der Waals surface area contributed by atoms with Gasteiger partial charge in [0.25, 0.3) is 0 Å². The Morgan fingerprint density at radius 3 is 2.25 bits per heavy atom. The molecule has 6 heteroatoms. The molecular weight excluding hydrogens is 406 g/mol. The van der Waals surface area contributed by atoms with E-state index in [1.165, 1.54) is 0 Å². The largest absolute Gasteiger partial charge is 0.481 e. The fourth-order valence-corrected chi connectivity index (χ4v) is 4.06. The zero-order valence-corrected chi connectivity index (χ0v) is 20.9. The number of carbonyl (C=O) groups is 2. The van der Waals surface area contributed by atoms with Crippen molar-refractivity contribution in [2.24, 2.45) is 23.5 Å². The van der Waals surface area contributed by atoms with E-state index in [0.717, 1.165) is 23.1 Å². The van der Waals surface area contributed by atoms with E-state index in [9.17, 15) is 14.7 Å². The summed E-state index contributed by atoms with van der Waals surface area (Å²) in [7, 11) is 0. The summed E-state index contributed by atoms with van der Waals surface area (Å²) in [5.74, 6) is -1.24. The van der Waals surface area contributed by atoms with Gasteiger partial charge in [0, 0.05) is 6.04 Å². The fraction of sp³-hybridized carbons (Fsp3) is 0.692. The molecule has 4 atom stereocenters. The lowest BCUT2D eigenvalue weighted by Gasteiger charge is -2.29. The van der Waals surface area contributed by atoms with Crippen molar-refractivity contribution < 1.29 is 24.5 Å². The van der Waals surface area contributed by atoms with Gasteiger partial charge in [-0.05, 0) is 60.1 Å². The van der Waals surface area contributed by atoms with E-state index >= 15 is 0 Å². The molecule has 0 aliphatic carbocycles. The van der Waals surface area contributed by atoms with E-state index in [1.807, 2.05) is 0 Å². The number of esters is 1. The fourth-order valence-electron chi connectivity index (χ4n) is 4.06. The Kier molecular flexibility index (Phi) is 10.9. The summed E-state index contributed by atoms with van der Waals surface area (Å²) in [6.45, 7) is 14.4. The van der Waals surface area contributed by atoms with Gasteiger partial charge in [0.05, 0.1) is 25.0 Å². The Morgan fingerprint density at radius 2 is 1.75 bits per heavy atom. The van der Waals surface area contributed by atoms with E-state index in [4.69, 9.17) is 15.6 Å². The minimum atomic E-state index is -0.926. The summed E-state index contributed by atoms with van der Waals surface area (Å²) >= 11 is 0.